The van der Waals surface area contributed by atoms with E-state index in [0.29, 0.717) is 0 Å². The molecule has 0 aromatic heterocycles. The SMILES string of the molecule is CC.CC(C)NC(=O)/C=C/CN1CCOCC1. The molecule has 1 rings (SSSR count). The van der Waals surface area contributed by atoms with Crippen LogP contribution in [0, 0.1) is 0 Å². The van der Waals surface area contributed by atoms with Gasteiger partial charge in [0.15, 0.2) is 0 Å². The molecule has 1 amide bonds. The van der Waals surface area contributed by atoms with E-state index in [0.717, 1.165) is 32.8 Å². The third-order valence-electron chi connectivity index (χ3n) is 2.17. The molecular weight excluding hydrogens is 216 g/mol. The third-order valence-corrected chi connectivity index (χ3v) is 2.17. The Morgan fingerprint density at radius 1 is 1.35 bits per heavy atom. The van der Waals surface area contributed by atoms with Gasteiger partial charge in [-0.15, -0.1) is 0 Å². The van der Waals surface area contributed by atoms with Gasteiger partial charge in [0.25, 0.3) is 0 Å². The molecular formula is C13H26N2O2. The molecule has 17 heavy (non-hydrogen) atoms. The number of ether oxygens (including phenoxy) is 1. The van der Waals surface area contributed by atoms with Crippen LogP contribution in [0.1, 0.15) is 27.7 Å². The molecule has 0 spiro atoms. The number of hydrogen-bond donors (Lipinski definition) is 1. The van der Waals surface area contributed by atoms with Gasteiger partial charge in [0, 0.05) is 31.8 Å². The fraction of sp³-hybridized carbons (Fsp3) is 0.769. The Bertz CT molecular complexity index is 221. The lowest BCUT2D eigenvalue weighted by atomic mass is 10.3. The maximum atomic E-state index is 11.3. The van der Waals surface area contributed by atoms with Crippen LogP contribution in [-0.2, 0) is 9.53 Å². The first-order valence-electron chi connectivity index (χ1n) is 6.45. The van der Waals surface area contributed by atoms with Crippen LogP contribution in [0.3, 0.4) is 0 Å². The van der Waals surface area contributed by atoms with Gasteiger partial charge in [0.05, 0.1) is 13.2 Å². The summed E-state index contributed by atoms with van der Waals surface area (Å²) >= 11 is 0. The number of amides is 1. The van der Waals surface area contributed by atoms with Gasteiger partial charge < -0.3 is 10.1 Å². The van der Waals surface area contributed by atoms with E-state index in [1.807, 2.05) is 33.8 Å². The molecule has 4 heteroatoms. The summed E-state index contributed by atoms with van der Waals surface area (Å²) in [5, 5.41) is 2.81. The largest absolute Gasteiger partial charge is 0.379 e. The lowest BCUT2D eigenvalue weighted by Gasteiger charge is -2.25. The van der Waals surface area contributed by atoms with Crippen LogP contribution >= 0.6 is 0 Å². The molecule has 0 unspecified atom stereocenters. The maximum Gasteiger partial charge on any atom is 0.243 e. The van der Waals surface area contributed by atoms with E-state index in [9.17, 15) is 4.79 Å². The molecule has 4 nitrogen and oxygen atoms in total. The summed E-state index contributed by atoms with van der Waals surface area (Å²) in [5.41, 5.74) is 0. The number of carbonyl (C=O) groups is 1. The van der Waals surface area contributed by atoms with Gasteiger partial charge >= 0.3 is 0 Å². The molecule has 1 saturated heterocycles. The summed E-state index contributed by atoms with van der Waals surface area (Å²) in [4.78, 5) is 13.5. The van der Waals surface area contributed by atoms with Crippen LogP contribution in [0.4, 0.5) is 0 Å². The molecule has 0 aromatic carbocycles. The molecule has 1 aliphatic rings. The Labute approximate surface area is 105 Å². The number of nitrogens with zero attached hydrogens (tertiary/aromatic N) is 1. The van der Waals surface area contributed by atoms with Crippen LogP contribution in [0.2, 0.25) is 0 Å². The first kappa shape index (κ1) is 16.1. The maximum absolute atomic E-state index is 11.3. The Balaban J connectivity index is 0.00000121. The van der Waals surface area contributed by atoms with E-state index < -0.39 is 0 Å². The average Bonchev–Trinajstić information content (AvgIpc) is 2.32. The van der Waals surface area contributed by atoms with Crippen molar-refractivity contribution in [3.05, 3.63) is 12.2 Å². The number of hydrogen-bond acceptors (Lipinski definition) is 3. The average molecular weight is 242 g/mol. The zero-order chi connectivity index (χ0) is 13.1. The van der Waals surface area contributed by atoms with Crippen molar-refractivity contribution >= 4 is 5.91 Å². The molecule has 1 N–H and O–H groups in total. The fourth-order valence-electron chi connectivity index (χ4n) is 1.43. The second-order valence-electron chi connectivity index (χ2n) is 3.98. The zero-order valence-electron chi connectivity index (χ0n) is 11.5. The van der Waals surface area contributed by atoms with Gasteiger partial charge in [-0.2, -0.15) is 0 Å². The topological polar surface area (TPSA) is 41.6 Å². The number of rotatable bonds is 4. The van der Waals surface area contributed by atoms with Crippen molar-refractivity contribution in [2.24, 2.45) is 0 Å². The summed E-state index contributed by atoms with van der Waals surface area (Å²) in [6.07, 6.45) is 3.51. The molecule has 0 bridgehead atoms. The third kappa shape index (κ3) is 8.89. The minimum Gasteiger partial charge on any atom is -0.379 e. The van der Waals surface area contributed by atoms with Crippen molar-refractivity contribution in [2.45, 2.75) is 33.7 Å². The van der Waals surface area contributed by atoms with E-state index in [4.69, 9.17) is 4.74 Å². The molecule has 1 heterocycles. The minimum absolute atomic E-state index is 0.0155. The fourth-order valence-corrected chi connectivity index (χ4v) is 1.43. The van der Waals surface area contributed by atoms with E-state index in [1.54, 1.807) is 6.08 Å². The molecule has 100 valence electrons. The number of carbonyl (C=O) groups excluding carboxylic acids is 1. The quantitative estimate of drug-likeness (QED) is 0.758. The van der Waals surface area contributed by atoms with E-state index in [1.165, 1.54) is 0 Å². The summed E-state index contributed by atoms with van der Waals surface area (Å²) in [7, 11) is 0. The van der Waals surface area contributed by atoms with E-state index >= 15 is 0 Å². The minimum atomic E-state index is -0.0155. The molecule has 0 aromatic rings. The van der Waals surface area contributed by atoms with E-state index in [-0.39, 0.29) is 11.9 Å². The number of nitrogens with one attached hydrogen (secondary N) is 1. The lowest BCUT2D eigenvalue weighted by Crippen LogP contribution is -2.36. The smallest absolute Gasteiger partial charge is 0.243 e. The van der Waals surface area contributed by atoms with Crippen LogP contribution in [-0.4, -0.2) is 49.7 Å². The van der Waals surface area contributed by atoms with Crippen molar-refractivity contribution in [3.8, 4) is 0 Å². The Hall–Kier alpha value is -0.870. The highest BCUT2D eigenvalue weighted by atomic mass is 16.5. The molecule has 0 radical (unpaired) electrons. The second-order valence-corrected chi connectivity index (χ2v) is 3.98. The highest BCUT2D eigenvalue weighted by Gasteiger charge is 2.07. The standard InChI is InChI=1S/C11H20N2O2.C2H6/c1-10(2)12-11(14)4-3-5-13-6-8-15-9-7-13;1-2/h3-4,10H,5-9H2,1-2H3,(H,12,14);1-2H3/b4-3+;. The number of morpholine rings is 1. The van der Waals surface area contributed by atoms with Crippen molar-refractivity contribution in [2.75, 3.05) is 32.8 Å². The van der Waals surface area contributed by atoms with Crippen LogP contribution in [0.5, 0.6) is 0 Å². The molecule has 0 atom stereocenters. The van der Waals surface area contributed by atoms with Crippen molar-refractivity contribution < 1.29 is 9.53 Å². The Morgan fingerprint density at radius 2 is 1.94 bits per heavy atom. The summed E-state index contributed by atoms with van der Waals surface area (Å²) in [5.74, 6) is -0.0155. The van der Waals surface area contributed by atoms with Gasteiger partial charge in [0.2, 0.25) is 5.91 Å². The lowest BCUT2D eigenvalue weighted by molar-refractivity contribution is -0.116. The first-order chi connectivity index (χ1) is 8.18. The molecule has 1 fully saturated rings. The second kappa shape index (κ2) is 10.3. The summed E-state index contributed by atoms with van der Waals surface area (Å²) in [6, 6.07) is 0.200. The Morgan fingerprint density at radius 3 is 2.47 bits per heavy atom. The monoisotopic (exact) mass is 242 g/mol. The summed E-state index contributed by atoms with van der Waals surface area (Å²) < 4.78 is 5.23. The van der Waals surface area contributed by atoms with Crippen molar-refractivity contribution in [3.63, 3.8) is 0 Å². The Kier molecular flexibility index (Phi) is 9.77. The summed E-state index contributed by atoms with van der Waals surface area (Å²) in [6.45, 7) is 12.2. The van der Waals surface area contributed by atoms with Gasteiger partial charge in [-0.1, -0.05) is 19.9 Å². The van der Waals surface area contributed by atoms with Crippen LogP contribution in [0.15, 0.2) is 12.2 Å². The highest BCUT2D eigenvalue weighted by molar-refractivity contribution is 5.87. The molecule has 1 aliphatic heterocycles. The van der Waals surface area contributed by atoms with Gasteiger partial charge in [0.1, 0.15) is 0 Å². The van der Waals surface area contributed by atoms with Crippen LogP contribution < -0.4 is 5.32 Å². The highest BCUT2D eigenvalue weighted by Crippen LogP contribution is 1.96. The first-order valence-corrected chi connectivity index (χ1v) is 6.45. The van der Waals surface area contributed by atoms with Crippen molar-refractivity contribution in [1.29, 1.82) is 0 Å². The van der Waals surface area contributed by atoms with E-state index in [2.05, 4.69) is 10.2 Å². The van der Waals surface area contributed by atoms with Gasteiger partial charge in [-0.3, -0.25) is 9.69 Å². The molecule has 0 aliphatic carbocycles. The predicted molar refractivity (Wildman–Crippen MR) is 71.0 cm³/mol. The molecule has 0 saturated carbocycles. The van der Waals surface area contributed by atoms with Gasteiger partial charge in [-0.05, 0) is 13.8 Å². The van der Waals surface area contributed by atoms with Gasteiger partial charge in [-0.25, -0.2) is 0 Å². The predicted octanol–water partition coefficient (Wildman–Crippen LogP) is 1.43. The normalized spacial score (nSPS) is 16.8. The van der Waals surface area contributed by atoms with Crippen molar-refractivity contribution in [1.82, 2.24) is 10.2 Å². The van der Waals surface area contributed by atoms with Crippen LogP contribution in [0.25, 0.3) is 0 Å². The zero-order valence-corrected chi connectivity index (χ0v) is 11.5.